The summed E-state index contributed by atoms with van der Waals surface area (Å²) in [6.07, 6.45) is 3.86. The number of halogens is 2. The van der Waals surface area contributed by atoms with Gasteiger partial charge in [-0.2, -0.15) is 0 Å². The molecule has 2 aliphatic rings. The standard InChI is InChI=1S/C35H38Cl2N6O4/c1-20-14-27(40-30-19-43(12-13-44)11-10-22(20)30)33(45)41-26-9-5-7-24(32(26)37)23-6-4-8-25(31(23)36)28-17-39-29(34(42-28)47-3)18-38-21-15-35(2,46)16-21/h4-9,14,17,21,38,44,46H,10-13,15-16,18-19H2,1-3H3,(H,41,45)/t21-,35-. The Morgan fingerprint density at radius 3 is 2.55 bits per heavy atom. The van der Waals surface area contributed by atoms with Gasteiger partial charge in [-0.3, -0.25) is 14.7 Å². The smallest absolute Gasteiger partial charge is 0.274 e. The molecule has 0 spiro atoms. The minimum Gasteiger partial charge on any atom is -0.480 e. The minimum atomic E-state index is -0.616. The maximum Gasteiger partial charge on any atom is 0.274 e. The number of carbonyl (C=O) groups is 1. The number of aryl methyl sites for hydroxylation is 1. The number of anilines is 1. The van der Waals surface area contributed by atoms with E-state index in [1.54, 1.807) is 19.4 Å². The van der Waals surface area contributed by atoms with E-state index >= 15 is 0 Å². The zero-order valence-corrected chi connectivity index (χ0v) is 28.1. The van der Waals surface area contributed by atoms with Crippen LogP contribution in [0.3, 0.4) is 0 Å². The van der Waals surface area contributed by atoms with Gasteiger partial charge in [-0.25, -0.2) is 9.97 Å². The fourth-order valence-corrected chi connectivity index (χ4v) is 7.01. The summed E-state index contributed by atoms with van der Waals surface area (Å²) < 4.78 is 5.56. The Kier molecular flexibility index (Phi) is 9.80. The lowest BCUT2D eigenvalue weighted by molar-refractivity contribution is -0.0394. The molecular weight excluding hydrogens is 639 g/mol. The van der Waals surface area contributed by atoms with Gasteiger partial charge in [0.15, 0.2) is 0 Å². The van der Waals surface area contributed by atoms with Crippen molar-refractivity contribution in [3.8, 4) is 28.3 Å². The molecular formula is C35H38Cl2N6O4. The molecule has 1 saturated carbocycles. The fraction of sp³-hybridized carbons (Fsp3) is 0.371. The molecule has 10 nitrogen and oxygen atoms in total. The molecule has 12 heteroatoms. The highest BCUT2D eigenvalue weighted by molar-refractivity contribution is 6.39. The lowest BCUT2D eigenvalue weighted by atomic mass is 9.77. The van der Waals surface area contributed by atoms with Crippen molar-refractivity contribution in [2.75, 3.05) is 32.1 Å². The third kappa shape index (κ3) is 7.13. The monoisotopic (exact) mass is 676 g/mol. The number of ether oxygens (including phenoxy) is 1. The number of benzene rings is 2. The molecule has 2 aromatic heterocycles. The van der Waals surface area contributed by atoms with Crippen LogP contribution in [-0.2, 0) is 19.5 Å². The molecule has 1 aliphatic heterocycles. The van der Waals surface area contributed by atoms with E-state index in [1.165, 1.54) is 0 Å². The zero-order chi connectivity index (χ0) is 33.3. The average Bonchev–Trinajstić information content (AvgIpc) is 3.04. The number of β-amino-alcohol motifs (C(OH)–C–C–N with tert-alkyl or cyclic N) is 1. The van der Waals surface area contributed by atoms with Gasteiger partial charge >= 0.3 is 0 Å². The SMILES string of the molecule is COc1nc(-c2cccc(-c3cccc(NC(=O)c4cc(C)c5c(n4)CN(CCO)CC5)c3Cl)c2Cl)cnc1CN[C@H]1C[C@](C)(O)C1. The Hall–Kier alpha value is -3.64. The number of nitrogens with one attached hydrogen (secondary N) is 2. The Bertz CT molecular complexity index is 1810. The first-order chi connectivity index (χ1) is 22.6. The van der Waals surface area contributed by atoms with E-state index in [4.69, 9.17) is 32.9 Å². The molecule has 47 heavy (non-hydrogen) atoms. The Balaban J connectivity index is 1.22. The van der Waals surface area contributed by atoms with E-state index < -0.39 is 5.60 Å². The van der Waals surface area contributed by atoms with Gasteiger partial charge in [0.2, 0.25) is 5.88 Å². The highest BCUT2D eigenvalue weighted by atomic mass is 35.5. The van der Waals surface area contributed by atoms with Crippen molar-refractivity contribution in [3.05, 3.63) is 86.9 Å². The van der Waals surface area contributed by atoms with Crippen LogP contribution in [0.1, 0.15) is 52.8 Å². The van der Waals surface area contributed by atoms with Gasteiger partial charge in [-0.05, 0) is 56.4 Å². The number of rotatable bonds is 10. The first-order valence-electron chi connectivity index (χ1n) is 15.6. The lowest BCUT2D eigenvalue weighted by Gasteiger charge is -2.41. The number of aliphatic hydroxyl groups excluding tert-OH is 1. The summed E-state index contributed by atoms with van der Waals surface area (Å²) in [6, 6.07) is 13.0. The molecule has 246 valence electrons. The molecule has 2 aromatic carbocycles. The summed E-state index contributed by atoms with van der Waals surface area (Å²) in [5, 5.41) is 26.5. The van der Waals surface area contributed by atoms with Crippen molar-refractivity contribution in [2.45, 2.75) is 57.8 Å². The largest absolute Gasteiger partial charge is 0.480 e. The van der Waals surface area contributed by atoms with Gasteiger partial charge in [0.1, 0.15) is 11.4 Å². The lowest BCUT2D eigenvalue weighted by Crippen LogP contribution is -2.51. The predicted molar refractivity (Wildman–Crippen MR) is 183 cm³/mol. The summed E-state index contributed by atoms with van der Waals surface area (Å²) in [4.78, 5) is 29.6. The maximum atomic E-state index is 13.4. The molecule has 0 saturated heterocycles. The molecule has 1 fully saturated rings. The topological polar surface area (TPSA) is 133 Å². The van der Waals surface area contributed by atoms with Crippen LogP contribution in [-0.4, -0.2) is 74.4 Å². The number of methoxy groups -OCH3 is 1. The van der Waals surface area contributed by atoms with Crippen LogP contribution in [0.5, 0.6) is 5.88 Å². The van der Waals surface area contributed by atoms with Gasteiger partial charge in [0.05, 0.1) is 52.6 Å². The first-order valence-corrected chi connectivity index (χ1v) is 16.4. The molecule has 1 amide bonds. The number of nitrogens with zero attached hydrogens (tertiary/aromatic N) is 4. The van der Waals surface area contributed by atoms with Crippen LogP contribution in [0.25, 0.3) is 22.4 Å². The zero-order valence-electron chi connectivity index (χ0n) is 26.6. The quantitative estimate of drug-likeness (QED) is 0.173. The van der Waals surface area contributed by atoms with Gasteiger partial charge in [0.25, 0.3) is 5.91 Å². The maximum absolute atomic E-state index is 13.4. The summed E-state index contributed by atoms with van der Waals surface area (Å²) in [7, 11) is 1.55. The third-order valence-corrected chi connectivity index (χ3v) is 9.69. The second-order valence-corrected chi connectivity index (χ2v) is 13.2. The minimum absolute atomic E-state index is 0.0779. The van der Waals surface area contributed by atoms with Crippen LogP contribution in [0.2, 0.25) is 10.0 Å². The number of amides is 1. The number of aromatic nitrogens is 3. The molecule has 0 atom stereocenters. The molecule has 3 heterocycles. The summed E-state index contributed by atoms with van der Waals surface area (Å²) in [6.45, 7) is 6.37. The Labute approximate surface area is 284 Å². The molecule has 4 aromatic rings. The van der Waals surface area contributed by atoms with Crippen molar-refractivity contribution in [1.82, 2.24) is 25.2 Å². The molecule has 6 rings (SSSR count). The van der Waals surface area contributed by atoms with Gasteiger partial charge in [-0.15, -0.1) is 0 Å². The summed E-state index contributed by atoms with van der Waals surface area (Å²) in [5.41, 5.74) is 6.31. The second kappa shape index (κ2) is 13.8. The van der Waals surface area contributed by atoms with Gasteiger partial charge in [-0.1, -0.05) is 53.5 Å². The fourth-order valence-electron chi connectivity index (χ4n) is 6.41. The highest BCUT2D eigenvalue weighted by Gasteiger charge is 2.38. The molecule has 1 aliphatic carbocycles. The second-order valence-electron chi connectivity index (χ2n) is 12.5. The van der Waals surface area contributed by atoms with E-state index in [-0.39, 0.29) is 18.6 Å². The number of hydrogen-bond acceptors (Lipinski definition) is 9. The van der Waals surface area contributed by atoms with E-state index in [0.717, 1.165) is 29.8 Å². The number of fused-ring (bicyclic) bond motifs is 1. The van der Waals surface area contributed by atoms with E-state index in [0.29, 0.717) is 87.9 Å². The van der Waals surface area contributed by atoms with Crippen molar-refractivity contribution in [2.24, 2.45) is 0 Å². The van der Waals surface area contributed by atoms with Crippen LogP contribution >= 0.6 is 23.2 Å². The first kappa shape index (κ1) is 33.3. The normalized spacial score (nSPS) is 19.2. The Morgan fingerprint density at radius 2 is 1.83 bits per heavy atom. The van der Waals surface area contributed by atoms with E-state index in [1.807, 2.05) is 50.2 Å². The highest BCUT2D eigenvalue weighted by Crippen LogP contribution is 2.41. The van der Waals surface area contributed by atoms with Crippen molar-refractivity contribution < 1.29 is 19.7 Å². The predicted octanol–water partition coefficient (Wildman–Crippen LogP) is 5.44. The molecule has 4 N–H and O–H groups in total. The molecule has 0 unspecified atom stereocenters. The number of aliphatic hydroxyl groups is 2. The number of pyridine rings is 1. The van der Waals surface area contributed by atoms with Gasteiger partial charge in [0, 0.05) is 48.9 Å². The van der Waals surface area contributed by atoms with Gasteiger partial charge < -0.3 is 25.6 Å². The van der Waals surface area contributed by atoms with Crippen LogP contribution in [0, 0.1) is 6.92 Å². The van der Waals surface area contributed by atoms with Crippen molar-refractivity contribution in [3.63, 3.8) is 0 Å². The summed E-state index contributed by atoms with van der Waals surface area (Å²) >= 11 is 13.9. The summed E-state index contributed by atoms with van der Waals surface area (Å²) in [5.74, 6) is 0.0196. The Morgan fingerprint density at radius 1 is 1.11 bits per heavy atom. The third-order valence-electron chi connectivity index (χ3n) is 8.88. The van der Waals surface area contributed by atoms with E-state index in [2.05, 4.69) is 25.5 Å². The number of hydrogen-bond donors (Lipinski definition) is 4. The van der Waals surface area contributed by atoms with Crippen LogP contribution < -0.4 is 15.4 Å². The van der Waals surface area contributed by atoms with Crippen LogP contribution in [0.4, 0.5) is 5.69 Å². The molecule has 0 radical (unpaired) electrons. The average molecular weight is 678 g/mol. The number of carbonyl (C=O) groups excluding carboxylic acids is 1. The molecule has 0 bridgehead atoms. The van der Waals surface area contributed by atoms with Crippen molar-refractivity contribution in [1.29, 1.82) is 0 Å². The van der Waals surface area contributed by atoms with Crippen LogP contribution in [0.15, 0.2) is 48.7 Å². The van der Waals surface area contributed by atoms with Crippen molar-refractivity contribution >= 4 is 34.8 Å². The van der Waals surface area contributed by atoms with E-state index in [9.17, 15) is 15.0 Å².